The van der Waals surface area contributed by atoms with Crippen LogP contribution in [-0.2, 0) is 11.2 Å². The van der Waals surface area contributed by atoms with E-state index in [1.54, 1.807) is 0 Å². The van der Waals surface area contributed by atoms with Gasteiger partial charge in [-0.15, -0.1) is 0 Å². The molecule has 5 heteroatoms. The molecule has 106 valence electrons. The third kappa shape index (κ3) is 2.03. The first-order valence-electron chi connectivity index (χ1n) is 6.70. The Bertz CT molecular complexity index is 744. The number of anilines is 1. The molecule has 0 saturated heterocycles. The summed E-state index contributed by atoms with van der Waals surface area (Å²) in [6.07, 6.45) is 0.583. The van der Waals surface area contributed by atoms with E-state index in [1.807, 2.05) is 36.4 Å². The monoisotopic (exact) mass is 301 g/mol. The van der Waals surface area contributed by atoms with Crippen molar-refractivity contribution in [2.75, 3.05) is 12.1 Å². The van der Waals surface area contributed by atoms with Gasteiger partial charge in [-0.2, -0.15) is 0 Å². The third-order valence-corrected chi connectivity index (χ3v) is 4.12. The van der Waals surface area contributed by atoms with Gasteiger partial charge in [-0.05, 0) is 35.7 Å². The third-order valence-electron chi connectivity index (χ3n) is 3.84. The molecule has 2 aromatic carbocycles. The number of halogens is 1. The van der Waals surface area contributed by atoms with Gasteiger partial charge in [0.05, 0.1) is 10.9 Å². The highest BCUT2D eigenvalue weighted by atomic mass is 35.5. The number of amides is 1. The lowest BCUT2D eigenvalue weighted by atomic mass is 9.93. The van der Waals surface area contributed by atoms with E-state index < -0.39 is 0 Å². The van der Waals surface area contributed by atoms with Crippen LogP contribution in [-0.4, -0.2) is 12.7 Å². The number of ether oxygens (including phenoxy) is 2. The molecule has 1 atom stereocenters. The highest BCUT2D eigenvalue weighted by Crippen LogP contribution is 2.42. The van der Waals surface area contributed by atoms with Gasteiger partial charge in [0, 0.05) is 5.69 Å². The number of fused-ring (bicyclic) bond motifs is 2. The second-order valence-corrected chi connectivity index (χ2v) is 5.55. The van der Waals surface area contributed by atoms with Crippen LogP contribution in [0.2, 0.25) is 5.02 Å². The SMILES string of the molecule is O=C1Nc2ccccc2[C@H]1Cc1cc(Cl)c2c(c1)OCO2. The summed E-state index contributed by atoms with van der Waals surface area (Å²) in [6, 6.07) is 11.5. The maximum absolute atomic E-state index is 12.2. The lowest BCUT2D eigenvalue weighted by Gasteiger charge is -2.10. The average molecular weight is 302 g/mol. The van der Waals surface area contributed by atoms with Crippen LogP contribution in [0.25, 0.3) is 0 Å². The van der Waals surface area contributed by atoms with E-state index in [0.717, 1.165) is 16.8 Å². The Balaban J connectivity index is 1.68. The largest absolute Gasteiger partial charge is 0.454 e. The van der Waals surface area contributed by atoms with Crippen LogP contribution in [0.1, 0.15) is 17.0 Å². The van der Waals surface area contributed by atoms with Crippen LogP contribution in [0, 0.1) is 0 Å². The smallest absolute Gasteiger partial charge is 0.232 e. The van der Waals surface area contributed by atoms with Gasteiger partial charge in [0.25, 0.3) is 0 Å². The van der Waals surface area contributed by atoms with Gasteiger partial charge in [0.2, 0.25) is 12.7 Å². The topological polar surface area (TPSA) is 47.6 Å². The Kier molecular flexibility index (Phi) is 2.79. The second-order valence-electron chi connectivity index (χ2n) is 5.14. The van der Waals surface area contributed by atoms with Crippen molar-refractivity contribution in [3.63, 3.8) is 0 Å². The maximum Gasteiger partial charge on any atom is 0.232 e. The van der Waals surface area contributed by atoms with Crippen LogP contribution in [0.3, 0.4) is 0 Å². The summed E-state index contributed by atoms with van der Waals surface area (Å²) in [4.78, 5) is 12.2. The van der Waals surface area contributed by atoms with Crippen LogP contribution in [0.15, 0.2) is 36.4 Å². The molecule has 2 aliphatic heterocycles. The quantitative estimate of drug-likeness (QED) is 0.925. The van der Waals surface area contributed by atoms with Gasteiger partial charge in [0.15, 0.2) is 11.5 Å². The standard InChI is InChI=1S/C16H12ClNO3/c17-12-6-9(7-14-15(12)21-8-20-14)5-11-10-3-1-2-4-13(10)18-16(11)19/h1-4,6-7,11H,5,8H2,(H,18,19)/t11-/m1/s1. The molecule has 4 rings (SSSR count). The molecule has 0 aromatic heterocycles. The molecule has 1 amide bonds. The highest BCUT2D eigenvalue weighted by Gasteiger charge is 2.31. The summed E-state index contributed by atoms with van der Waals surface area (Å²) in [5, 5.41) is 3.43. The Labute approximate surface area is 126 Å². The highest BCUT2D eigenvalue weighted by molar-refractivity contribution is 6.32. The van der Waals surface area contributed by atoms with Gasteiger partial charge in [-0.1, -0.05) is 29.8 Å². The Morgan fingerprint density at radius 1 is 1.24 bits per heavy atom. The van der Waals surface area contributed by atoms with Gasteiger partial charge in [-0.25, -0.2) is 0 Å². The normalized spacial score (nSPS) is 18.5. The number of carbonyl (C=O) groups is 1. The van der Waals surface area contributed by atoms with Gasteiger partial charge in [-0.3, -0.25) is 4.79 Å². The zero-order chi connectivity index (χ0) is 14.4. The number of hydrogen-bond donors (Lipinski definition) is 1. The first-order chi connectivity index (χ1) is 10.2. The molecular weight excluding hydrogens is 290 g/mol. The summed E-state index contributed by atoms with van der Waals surface area (Å²) in [5.41, 5.74) is 2.87. The summed E-state index contributed by atoms with van der Waals surface area (Å²) in [6.45, 7) is 0.186. The molecule has 0 saturated carbocycles. The molecule has 2 aliphatic rings. The van der Waals surface area contributed by atoms with Crippen molar-refractivity contribution in [2.24, 2.45) is 0 Å². The summed E-state index contributed by atoms with van der Waals surface area (Å²) in [7, 11) is 0. The van der Waals surface area contributed by atoms with E-state index in [2.05, 4.69) is 5.32 Å². The van der Waals surface area contributed by atoms with E-state index in [9.17, 15) is 4.79 Å². The average Bonchev–Trinajstić information content (AvgIpc) is 3.05. The van der Waals surface area contributed by atoms with E-state index in [1.165, 1.54) is 0 Å². The van der Waals surface area contributed by atoms with Gasteiger partial charge >= 0.3 is 0 Å². The number of benzene rings is 2. The van der Waals surface area contributed by atoms with Gasteiger partial charge in [0.1, 0.15) is 0 Å². The first kappa shape index (κ1) is 12.5. The van der Waals surface area contributed by atoms with Crippen molar-refractivity contribution in [3.05, 3.63) is 52.5 Å². The Morgan fingerprint density at radius 2 is 2.10 bits per heavy atom. The number of rotatable bonds is 2. The minimum absolute atomic E-state index is 0.0185. The molecule has 0 aliphatic carbocycles. The fourth-order valence-electron chi connectivity index (χ4n) is 2.85. The fourth-order valence-corrected chi connectivity index (χ4v) is 3.14. The van der Waals surface area contributed by atoms with Crippen molar-refractivity contribution in [2.45, 2.75) is 12.3 Å². The van der Waals surface area contributed by atoms with Crippen molar-refractivity contribution in [3.8, 4) is 11.5 Å². The molecule has 21 heavy (non-hydrogen) atoms. The van der Waals surface area contributed by atoms with E-state index in [4.69, 9.17) is 21.1 Å². The van der Waals surface area contributed by atoms with Crippen molar-refractivity contribution in [1.82, 2.24) is 0 Å². The van der Waals surface area contributed by atoms with Crippen LogP contribution < -0.4 is 14.8 Å². The zero-order valence-corrected chi connectivity index (χ0v) is 11.8. The molecule has 0 unspecified atom stereocenters. The molecule has 2 aromatic rings. The lowest BCUT2D eigenvalue weighted by Crippen LogP contribution is -2.14. The molecule has 0 fully saturated rings. The Hall–Kier alpha value is -2.20. The molecule has 1 N–H and O–H groups in total. The molecule has 0 radical (unpaired) electrons. The zero-order valence-electron chi connectivity index (χ0n) is 11.1. The summed E-state index contributed by atoms with van der Waals surface area (Å²) < 4.78 is 10.7. The van der Waals surface area contributed by atoms with E-state index in [-0.39, 0.29) is 18.6 Å². The summed E-state index contributed by atoms with van der Waals surface area (Å²) >= 11 is 6.19. The second kappa shape index (κ2) is 4.67. The molecule has 0 spiro atoms. The van der Waals surface area contributed by atoms with E-state index >= 15 is 0 Å². The number of hydrogen-bond acceptors (Lipinski definition) is 3. The fraction of sp³-hybridized carbons (Fsp3) is 0.188. The van der Waals surface area contributed by atoms with Crippen molar-refractivity contribution < 1.29 is 14.3 Å². The number of carbonyl (C=O) groups excluding carboxylic acids is 1. The number of nitrogens with one attached hydrogen (secondary N) is 1. The van der Waals surface area contributed by atoms with Crippen LogP contribution in [0.5, 0.6) is 11.5 Å². The lowest BCUT2D eigenvalue weighted by molar-refractivity contribution is -0.117. The number of para-hydroxylation sites is 1. The van der Waals surface area contributed by atoms with Gasteiger partial charge < -0.3 is 14.8 Å². The molecule has 4 nitrogen and oxygen atoms in total. The predicted octanol–water partition coefficient (Wildman–Crippen LogP) is 3.35. The van der Waals surface area contributed by atoms with Crippen molar-refractivity contribution in [1.29, 1.82) is 0 Å². The predicted molar refractivity (Wildman–Crippen MR) is 79.1 cm³/mol. The van der Waals surface area contributed by atoms with E-state index in [0.29, 0.717) is 22.9 Å². The minimum Gasteiger partial charge on any atom is -0.454 e. The Morgan fingerprint density at radius 3 is 3.00 bits per heavy atom. The minimum atomic E-state index is -0.197. The maximum atomic E-state index is 12.2. The van der Waals surface area contributed by atoms with Crippen LogP contribution in [0.4, 0.5) is 5.69 Å². The summed E-state index contributed by atoms with van der Waals surface area (Å²) in [5.74, 6) is 1.04. The molecular formula is C16H12ClNO3. The molecule has 0 bridgehead atoms. The van der Waals surface area contributed by atoms with Crippen molar-refractivity contribution >= 4 is 23.2 Å². The molecule has 2 heterocycles. The van der Waals surface area contributed by atoms with Crippen LogP contribution >= 0.6 is 11.6 Å². The first-order valence-corrected chi connectivity index (χ1v) is 7.08.